The van der Waals surface area contributed by atoms with E-state index in [1.165, 1.54) is 23.8 Å². The zero-order valence-corrected chi connectivity index (χ0v) is 19.8. The van der Waals surface area contributed by atoms with Crippen molar-refractivity contribution in [1.29, 1.82) is 0 Å². The van der Waals surface area contributed by atoms with Crippen molar-refractivity contribution in [2.45, 2.75) is 18.0 Å². The molecule has 5 rings (SSSR count). The summed E-state index contributed by atoms with van der Waals surface area (Å²) in [5.74, 6) is -2.07. The molecular weight excluding hydrogens is 496 g/mol. The van der Waals surface area contributed by atoms with Gasteiger partial charge in [0.25, 0.3) is 17.8 Å². The number of amides is 2. The molecule has 2 amide bonds. The van der Waals surface area contributed by atoms with Gasteiger partial charge >= 0.3 is 5.97 Å². The van der Waals surface area contributed by atoms with E-state index in [0.29, 0.717) is 17.9 Å². The molecule has 35 heavy (non-hydrogen) atoms. The van der Waals surface area contributed by atoms with Crippen LogP contribution in [0, 0.1) is 0 Å². The van der Waals surface area contributed by atoms with E-state index in [4.69, 9.17) is 15.0 Å². The number of carbonyl (C=O) groups excluding carboxylic acids is 2. The summed E-state index contributed by atoms with van der Waals surface area (Å²) in [5.41, 5.74) is 5.82. The molecule has 0 radical (unpaired) electrons. The van der Waals surface area contributed by atoms with Crippen molar-refractivity contribution < 1.29 is 33.3 Å². The van der Waals surface area contributed by atoms with Gasteiger partial charge in [0.05, 0.1) is 4.70 Å². The summed E-state index contributed by atoms with van der Waals surface area (Å²) in [4.78, 5) is 47.7. The molecular formula is C21H19N6O6S2+. The summed E-state index contributed by atoms with van der Waals surface area (Å²) in [6, 6.07) is 2.88. The van der Waals surface area contributed by atoms with Gasteiger partial charge in [-0.2, -0.15) is 9.55 Å². The van der Waals surface area contributed by atoms with Crippen LogP contribution < -0.4 is 15.6 Å². The summed E-state index contributed by atoms with van der Waals surface area (Å²) in [6.45, 7) is 0.328. The van der Waals surface area contributed by atoms with Crippen molar-refractivity contribution in [1.82, 2.24) is 15.2 Å². The minimum atomic E-state index is -1.19. The molecule has 1 unspecified atom stereocenters. The standard InChI is InChI=1S/C21H18N6O6S2/c1-32-25-14(12-8-33-21(22)23-12)17(28)24-15-18(29)27-16(20(30)31)11(9-35-19(15)27)6-26-4-2-10-3-5-34-13(10)7-26/h2-5,7-8,15,19H,6,9H2,1H3,(H3-,22,23,24,28,30,31)/p+1/b25-14-/t15?,19-/m1/s1. The molecule has 14 heteroatoms. The number of fused-ring (bicyclic) bond motifs is 2. The fraction of sp³-hybridized carbons (Fsp3) is 0.238. The maximum atomic E-state index is 13.0. The molecule has 0 bridgehead atoms. The van der Waals surface area contributed by atoms with E-state index in [-0.39, 0.29) is 23.1 Å². The lowest BCUT2D eigenvalue weighted by molar-refractivity contribution is -0.687. The number of anilines is 1. The maximum absolute atomic E-state index is 13.0. The molecule has 1 saturated heterocycles. The molecule has 5 heterocycles. The van der Waals surface area contributed by atoms with Gasteiger partial charge in [-0.05, 0) is 11.4 Å². The van der Waals surface area contributed by atoms with Crippen molar-refractivity contribution in [2.75, 3.05) is 18.6 Å². The van der Waals surface area contributed by atoms with E-state index in [2.05, 4.69) is 15.5 Å². The number of oxime groups is 1. The summed E-state index contributed by atoms with van der Waals surface area (Å²) in [5, 5.41) is 18.7. The first-order valence-corrected chi connectivity index (χ1v) is 12.2. The largest absolute Gasteiger partial charge is 0.477 e. The second kappa shape index (κ2) is 9.03. The molecule has 3 aromatic heterocycles. The number of aromatic nitrogens is 2. The highest BCUT2D eigenvalue weighted by Gasteiger charge is 2.54. The monoisotopic (exact) mass is 515 g/mol. The summed E-state index contributed by atoms with van der Waals surface area (Å²) in [7, 11) is 1.25. The van der Waals surface area contributed by atoms with Crippen LogP contribution in [0.25, 0.3) is 10.1 Å². The Kier molecular flexibility index (Phi) is 5.90. The molecule has 1 fully saturated rings. The third-order valence-corrected chi connectivity index (χ3v) is 7.73. The van der Waals surface area contributed by atoms with Gasteiger partial charge in [-0.25, -0.2) is 4.79 Å². The Hall–Kier alpha value is -3.91. The van der Waals surface area contributed by atoms with Crippen LogP contribution in [0.3, 0.4) is 0 Å². The number of aliphatic carboxylic acids is 1. The van der Waals surface area contributed by atoms with Gasteiger partial charge in [0, 0.05) is 22.8 Å². The Bertz CT molecular complexity index is 1410. The van der Waals surface area contributed by atoms with Crippen LogP contribution in [0.2, 0.25) is 0 Å². The second-order valence-electron chi connectivity index (χ2n) is 7.67. The quantitative estimate of drug-likeness (QED) is 0.176. The number of nitrogens with zero attached hydrogens (tertiary/aromatic N) is 4. The van der Waals surface area contributed by atoms with Crippen LogP contribution in [0.4, 0.5) is 6.01 Å². The Balaban J connectivity index is 1.36. The molecule has 2 aliphatic rings. The topological polar surface area (TPSA) is 164 Å². The maximum Gasteiger partial charge on any atom is 0.352 e. The van der Waals surface area contributed by atoms with Crippen molar-refractivity contribution in [2.24, 2.45) is 5.16 Å². The van der Waals surface area contributed by atoms with Gasteiger partial charge in [-0.15, -0.1) is 23.1 Å². The molecule has 0 aromatic carbocycles. The summed E-state index contributed by atoms with van der Waals surface area (Å²) < 4.78 is 7.89. The molecule has 2 aliphatic heterocycles. The zero-order valence-electron chi connectivity index (χ0n) is 18.2. The number of β-lactam (4-membered cyclic amide) rings is 1. The summed E-state index contributed by atoms with van der Waals surface area (Å²) >= 11 is 2.97. The molecule has 0 aliphatic carbocycles. The van der Waals surface area contributed by atoms with Crippen molar-refractivity contribution in [3.8, 4) is 0 Å². The third kappa shape index (κ3) is 4.10. The first-order valence-electron chi connectivity index (χ1n) is 10.3. The van der Waals surface area contributed by atoms with E-state index < -0.39 is 29.2 Å². The van der Waals surface area contributed by atoms with Crippen molar-refractivity contribution in [3.05, 3.63) is 53.1 Å². The highest BCUT2D eigenvalue weighted by molar-refractivity contribution is 8.00. The Morgan fingerprint density at radius 1 is 1.46 bits per heavy atom. The number of carboxylic acids is 1. The van der Waals surface area contributed by atoms with Crippen LogP contribution in [-0.4, -0.2) is 62.8 Å². The lowest BCUT2D eigenvalue weighted by atomic mass is 10.0. The number of hydrogen-bond donors (Lipinski definition) is 3. The number of nitrogens with one attached hydrogen (secondary N) is 1. The first kappa shape index (κ1) is 22.9. The number of hydrogen-bond acceptors (Lipinski definition) is 10. The third-order valence-electron chi connectivity index (χ3n) is 5.53. The Morgan fingerprint density at radius 2 is 2.29 bits per heavy atom. The smallest absolute Gasteiger partial charge is 0.352 e. The van der Waals surface area contributed by atoms with E-state index in [1.807, 2.05) is 34.5 Å². The van der Waals surface area contributed by atoms with Crippen LogP contribution in [0.5, 0.6) is 0 Å². The molecule has 2 atom stereocenters. The molecule has 12 nitrogen and oxygen atoms in total. The number of nitrogen functional groups attached to an aromatic ring is 1. The van der Waals surface area contributed by atoms with Gasteiger partial charge in [0.15, 0.2) is 24.7 Å². The van der Waals surface area contributed by atoms with E-state index in [0.717, 1.165) is 16.3 Å². The van der Waals surface area contributed by atoms with Crippen molar-refractivity contribution >= 4 is 62.7 Å². The number of rotatable bonds is 7. The number of carbonyl (C=O) groups is 3. The van der Waals surface area contributed by atoms with Crippen LogP contribution >= 0.6 is 23.1 Å². The highest BCUT2D eigenvalue weighted by Crippen LogP contribution is 2.40. The Morgan fingerprint density at radius 3 is 3.00 bits per heavy atom. The average molecular weight is 516 g/mol. The predicted molar refractivity (Wildman–Crippen MR) is 126 cm³/mol. The fourth-order valence-corrected chi connectivity index (χ4v) is 6.13. The normalized spacial score (nSPS) is 20.0. The summed E-state index contributed by atoms with van der Waals surface area (Å²) in [6.07, 6.45) is 4.98. The van der Waals surface area contributed by atoms with Crippen LogP contribution in [-0.2, 0) is 25.8 Å². The van der Waals surface area contributed by atoms with E-state index in [9.17, 15) is 19.5 Å². The highest BCUT2D eigenvalue weighted by atomic mass is 32.2. The molecule has 0 spiro atoms. The predicted octanol–water partition coefficient (Wildman–Crippen LogP) is 0.548. The SMILES string of the molecule is CO/N=C(\C(=O)NC1C(=O)N2C(C(=O)O)=C(C[n+]3ccc4ccsc4c3)CS[C@H]12)c1coc(N)n1. The van der Waals surface area contributed by atoms with Gasteiger partial charge in [0.1, 0.15) is 36.2 Å². The van der Waals surface area contributed by atoms with Crippen LogP contribution in [0.15, 0.2) is 57.0 Å². The minimum absolute atomic E-state index is 0.0370. The van der Waals surface area contributed by atoms with Crippen LogP contribution in [0.1, 0.15) is 5.69 Å². The second-order valence-corrected chi connectivity index (χ2v) is 9.72. The number of pyridine rings is 1. The number of thiophene rings is 1. The van der Waals surface area contributed by atoms with E-state index in [1.54, 1.807) is 11.3 Å². The number of oxazole rings is 1. The average Bonchev–Trinajstić information content (AvgIpc) is 3.48. The molecule has 0 saturated carbocycles. The first-order chi connectivity index (χ1) is 16.9. The van der Waals surface area contributed by atoms with Crippen molar-refractivity contribution in [3.63, 3.8) is 0 Å². The lowest BCUT2D eigenvalue weighted by Gasteiger charge is -2.49. The number of nitrogens with two attached hydrogens (primary N) is 1. The van der Waals surface area contributed by atoms with Gasteiger partial charge in [-0.1, -0.05) is 5.16 Å². The van der Waals surface area contributed by atoms with E-state index >= 15 is 0 Å². The lowest BCUT2D eigenvalue weighted by Crippen LogP contribution is -2.71. The van der Waals surface area contributed by atoms with Gasteiger partial charge in [0.2, 0.25) is 0 Å². The molecule has 180 valence electrons. The Labute approximate surface area is 206 Å². The van der Waals surface area contributed by atoms with Gasteiger partial charge < -0.3 is 25.4 Å². The minimum Gasteiger partial charge on any atom is -0.477 e. The fourth-order valence-electron chi connectivity index (χ4n) is 3.97. The number of carboxylic acid groups (broad SMARTS) is 1. The molecule has 3 aromatic rings. The van der Waals surface area contributed by atoms with Gasteiger partial charge in [-0.3, -0.25) is 14.5 Å². The zero-order chi connectivity index (χ0) is 24.7. The number of thioether (sulfide) groups is 1. The molecule has 4 N–H and O–H groups in total.